The summed E-state index contributed by atoms with van der Waals surface area (Å²) in [5.41, 5.74) is 0. The number of nitrogens with one attached hydrogen (secondary N) is 1. The van der Waals surface area contributed by atoms with Gasteiger partial charge in [-0.15, -0.1) is 0 Å². The molecule has 1 rings (SSSR count). The first-order valence-electron chi connectivity index (χ1n) is 5.34. The van der Waals surface area contributed by atoms with Crippen LogP contribution in [0, 0.1) is 0 Å². The number of hydrogen-bond donors (Lipinski definition) is 3. The molecule has 2 amide bonds. The maximum absolute atomic E-state index is 11.6. The highest BCUT2D eigenvalue weighted by atomic mass is 32.2. The Labute approximate surface area is 104 Å². The van der Waals surface area contributed by atoms with Crippen LogP contribution >= 0.6 is 0 Å². The van der Waals surface area contributed by atoms with Crippen molar-refractivity contribution in [1.29, 1.82) is 0 Å². The van der Waals surface area contributed by atoms with Gasteiger partial charge in [0.1, 0.15) is 15.9 Å². The van der Waals surface area contributed by atoms with Gasteiger partial charge in [0.05, 0.1) is 11.9 Å². The van der Waals surface area contributed by atoms with Gasteiger partial charge in [0.2, 0.25) is 0 Å². The second kappa shape index (κ2) is 5.53. The summed E-state index contributed by atoms with van der Waals surface area (Å²) in [5.74, 6) is -1.41. The molecule has 1 heterocycles. The van der Waals surface area contributed by atoms with E-state index in [4.69, 9.17) is 5.11 Å². The number of carbonyl (C=O) groups excluding carboxylic acids is 1. The standard InChI is InChI=1S/C9H16N2O6S/c1-18(16,17)3-2-10-9(15)11-5-6(12)4-7(11)8(13)14/h6-7,12H,2-5H2,1H3,(H,10,15)(H,13,14)/t6?,7-/m0/s1. The van der Waals surface area contributed by atoms with Crippen molar-refractivity contribution in [3.63, 3.8) is 0 Å². The highest BCUT2D eigenvalue weighted by Crippen LogP contribution is 2.17. The van der Waals surface area contributed by atoms with Crippen LogP contribution in [0.2, 0.25) is 0 Å². The Morgan fingerprint density at radius 3 is 2.56 bits per heavy atom. The fourth-order valence-electron chi connectivity index (χ4n) is 1.72. The molecule has 0 spiro atoms. The Bertz CT molecular complexity index is 434. The molecule has 0 bridgehead atoms. The lowest BCUT2D eigenvalue weighted by molar-refractivity contribution is -0.141. The molecular weight excluding hydrogens is 264 g/mol. The molecule has 9 heteroatoms. The third kappa shape index (κ3) is 4.15. The highest BCUT2D eigenvalue weighted by molar-refractivity contribution is 7.90. The molecule has 2 atom stereocenters. The van der Waals surface area contributed by atoms with E-state index in [0.29, 0.717) is 0 Å². The third-order valence-corrected chi connectivity index (χ3v) is 3.52. The van der Waals surface area contributed by atoms with Gasteiger partial charge in [-0.1, -0.05) is 0 Å². The molecule has 0 aromatic heterocycles. The van der Waals surface area contributed by atoms with Crippen LogP contribution < -0.4 is 5.32 Å². The second-order valence-corrected chi connectivity index (χ2v) is 6.52. The largest absolute Gasteiger partial charge is 0.480 e. The fourth-order valence-corrected chi connectivity index (χ4v) is 2.19. The minimum atomic E-state index is -3.18. The van der Waals surface area contributed by atoms with E-state index in [1.54, 1.807) is 0 Å². The van der Waals surface area contributed by atoms with Crippen LogP contribution in [-0.4, -0.2) is 72.8 Å². The van der Waals surface area contributed by atoms with Crippen LogP contribution in [0.3, 0.4) is 0 Å². The number of β-amino-alcohol motifs (C(OH)–C–C–N with tert-alkyl or cyclic N) is 1. The van der Waals surface area contributed by atoms with Crippen LogP contribution in [0.25, 0.3) is 0 Å². The predicted octanol–water partition coefficient (Wildman–Crippen LogP) is -1.74. The molecule has 8 nitrogen and oxygen atoms in total. The molecule has 1 aliphatic heterocycles. The van der Waals surface area contributed by atoms with Crippen molar-refractivity contribution in [2.75, 3.05) is 25.1 Å². The van der Waals surface area contributed by atoms with Crippen LogP contribution in [-0.2, 0) is 14.6 Å². The molecule has 3 N–H and O–H groups in total. The molecule has 0 aromatic rings. The van der Waals surface area contributed by atoms with Crippen molar-refractivity contribution in [2.45, 2.75) is 18.6 Å². The average molecular weight is 280 g/mol. The number of nitrogens with zero attached hydrogens (tertiary/aromatic N) is 1. The molecule has 1 unspecified atom stereocenters. The smallest absolute Gasteiger partial charge is 0.326 e. The van der Waals surface area contributed by atoms with E-state index in [9.17, 15) is 23.1 Å². The Morgan fingerprint density at radius 2 is 2.06 bits per heavy atom. The number of urea groups is 1. The molecule has 18 heavy (non-hydrogen) atoms. The first kappa shape index (κ1) is 14.7. The number of carboxylic acids is 1. The molecule has 104 valence electrons. The van der Waals surface area contributed by atoms with Crippen LogP contribution in [0.15, 0.2) is 0 Å². The quantitative estimate of drug-likeness (QED) is 0.561. The Balaban J connectivity index is 2.53. The van der Waals surface area contributed by atoms with Gasteiger partial charge in [0.15, 0.2) is 0 Å². The third-order valence-electron chi connectivity index (χ3n) is 2.57. The molecule has 1 aliphatic rings. The minimum Gasteiger partial charge on any atom is -0.480 e. The second-order valence-electron chi connectivity index (χ2n) is 4.26. The van der Waals surface area contributed by atoms with Gasteiger partial charge in [0, 0.05) is 25.8 Å². The molecule has 1 saturated heterocycles. The number of aliphatic hydroxyl groups is 1. The van der Waals surface area contributed by atoms with Crippen molar-refractivity contribution < 1.29 is 28.2 Å². The summed E-state index contributed by atoms with van der Waals surface area (Å²) in [6, 6.07) is -1.75. The van der Waals surface area contributed by atoms with Gasteiger partial charge in [-0.2, -0.15) is 0 Å². The molecule has 0 saturated carbocycles. The maximum Gasteiger partial charge on any atom is 0.326 e. The zero-order valence-corrected chi connectivity index (χ0v) is 10.7. The van der Waals surface area contributed by atoms with E-state index in [1.165, 1.54) is 0 Å². The van der Waals surface area contributed by atoms with E-state index in [1.807, 2.05) is 0 Å². The van der Waals surface area contributed by atoms with Gasteiger partial charge in [-0.25, -0.2) is 18.0 Å². The normalized spacial score (nSPS) is 24.0. The molecule has 0 radical (unpaired) electrons. The average Bonchev–Trinajstić information content (AvgIpc) is 2.58. The van der Waals surface area contributed by atoms with E-state index >= 15 is 0 Å². The Hall–Kier alpha value is -1.35. The van der Waals surface area contributed by atoms with Crippen molar-refractivity contribution in [3.05, 3.63) is 0 Å². The van der Waals surface area contributed by atoms with E-state index in [2.05, 4.69) is 5.32 Å². The number of likely N-dealkylation sites (tertiary alicyclic amines) is 1. The number of rotatable bonds is 4. The molecular formula is C9H16N2O6S. The summed E-state index contributed by atoms with van der Waals surface area (Å²) >= 11 is 0. The molecule has 0 aliphatic carbocycles. The zero-order valence-electron chi connectivity index (χ0n) is 9.87. The van der Waals surface area contributed by atoms with Crippen LogP contribution in [0.5, 0.6) is 0 Å². The Morgan fingerprint density at radius 1 is 1.44 bits per heavy atom. The maximum atomic E-state index is 11.6. The SMILES string of the molecule is CS(=O)(=O)CCNC(=O)N1CC(O)C[C@H]1C(=O)O. The number of aliphatic carboxylic acids is 1. The fraction of sp³-hybridized carbons (Fsp3) is 0.778. The zero-order chi connectivity index (χ0) is 13.9. The lowest BCUT2D eigenvalue weighted by Crippen LogP contribution is -2.47. The summed E-state index contributed by atoms with van der Waals surface area (Å²) < 4.78 is 21.7. The van der Waals surface area contributed by atoms with E-state index in [-0.39, 0.29) is 25.3 Å². The summed E-state index contributed by atoms with van der Waals surface area (Å²) in [6.45, 7) is -0.154. The van der Waals surface area contributed by atoms with Gasteiger partial charge < -0.3 is 20.4 Å². The van der Waals surface area contributed by atoms with Crippen LogP contribution in [0.4, 0.5) is 4.79 Å². The number of carboxylic acid groups (broad SMARTS) is 1. The summed E-state index contributed by atoms with van der Waals surface area (Å²) in [7, 11) is -3.18. The van der Waals surface area contributed by atoms with Gasteiger partial charge in [0.25, 0.3) is 0 Å². The van der Waals surface area contributed by atoms with E-state index in [0.717, 1.165) is 11.2 Å². The number of hydrogen-bond acceptors (Lipinski definition) is 5. The topological polar surface area (TPSA) is 124 Å². The first-order chi connectivity index (χ1) is 8.20. The number of amides is 2. The van der Waals surface area contributed by atoms with Gasteiger partial charge in [-0.3, -0.25) is 0 Å². The number of sulfone groups is 1. The monoisotopic (exact) mass is 280 g/mol. The first-order valence-corrected chi connectivity index (χ1v) is 7.40. The summed E-state index contributed by atoms with van der Waals surface area (Å²) in [4.78, 5) is 23.5. The predicted molar refractivity (Wildman–Crippen MR) is 61.9 cm³/mol. The lowest BCUT2D eigenvalue weighted by atomic mass is 10.2. The number of aliphatic hydroxyl groups excluding tert-OH is 1. The van der Waals surface area contributed by atoms with Crippen LogP contribution in [0.1, 0.15) is 6.42 Å². The number of carbonyl (C=O) groups is 2. The molecule has 1 fully saturated rings. The summed E-state index contributed by atoms with van der Waals surface area (Å²) in [6.07, 6.45) is 0.153. The van der Waals surface area contributed by atoms with Gasteiger partial charge >= 0.3 is 12.0 Å². The van der Waals surface area contributed by atoms with Gasteiger partial charge in [-0.05, 0) is 0 Å². The lowest BCUT2D eigenvalue weighted by Gasteiger charge is -2.21. The Kier molecular flexibility index (Phi) is 4.52. The molecule has 0 aromatic carbocycles. The van der Waals surface area contributed by atoms with Crippen molar-refractivity contribution in [3.8, 4) is 0 Å². The highest BCUT2D eigenvalue weighted by Gasteiger charge is 2.38. The van der Waals surface area contributed by atoms with Crippen molar-refractivity contribution >= 4 is 21.8 Å². The van der Waals surface area contributed by atoms with Crippen molar-refractivity contribution in [2.24, 2.45) is 0 Å². The minimum absolute atomic E-state index is 0.0190. The van der Waals surface area contributed by atoms with E-state index < -0.39 is 34.0 Å². The van der Waals surface area contributed by atoms with Crippen molar-refractivity contribution in [1.82, 2.24) is 10.2 Å². The summed E-state index contributed by atoms with van der Waals surface area (Å²) in [5, 5.41) is 20.5.